The Kier molecular flexibility index (Phi) is 7.64. The Morgan fingerprint density at radius 1 is 0.955 bits per heavy atom. The minimum absolute atomic E-state index is 0.0475. The van der Waals surface area contributed by atoms with Crippen molar-refractivity contribution in [2.75, 3.05) is 26.4 Å². The molecule has 0 aliphatic carbocycles. The second-order valence-electron chi connectivity index (χ2n) is 3.82. The first-order valence-corrected chi connectivity index (χ1v) is 5.74. The van der Waals surface area contributed by atoms with E-state index in [4.69, 9.17) is 4.74 Å². The summed E-state index contributed by atoms with van der Waals surface area (Å²) < 4.78 is 99.6. The van der Waals surface area contributed by atoms with E-state index in [2.05, 4.69) is 16.1 Å². The second-order valence-corrected chi connectivity index (χ2v) is 3.82. The molecule has 0 spiro atoms. The van der Waals surface area contributed by atoms with Crippen LogP contribution >= 0.6 is 0 Å². The Balaban J connectivity index is 4.17. The third kappa shape index (κ3) is 6.08. The van der Waals surface area contributed by atoms with E-state index in [1.54, 1.807) is 0 Å². The standard InChI is InChI=1S/C11H13F7O4/c1-2-20-3-4-21-5-6-22-8(19)7-9(12,13)10(14,15)11(16,17)18/h2H,1,3-7H2. The highest BCUT2D eigenvalue weighted by atomic mass is 19.4. The van der Waals surface area contributed by atoms with E-state index in [9.17, 15) is 35.5 Å². The van der Waals surface area contributed by atoms with Crippen LogP contribution in [0, 0.1) is 0 Å². The Morgan fingerprint density at radius 3 is 2.00 bits per heavy atom. The first-order chi connectivity index (χ1) is 9.95. The molecular weight excluding hydrogens is 329 g/mol. The van der Waals surface area contributed by atoms with E-state index in [0.29, 0.717) is 0 Å². The van der Waals surface area contributed by atoms with Gasteiger partial charge in [0, 0.05) is 0 Å². The van der Waals surface area contributed by atoms with Crippen molar-refractivity contribution in [3.8, 4) is 0 Å². The maximum atomic E-state index is 12.8. The number of rotatable bonds is 10. The molecule has 22 heavy (non-hydrogen) atoms. The highest BCUT2D eigenvalue weighted by Crippen LogP contribution is 2.48. The zero-order valence-electron chi connectivity index (χ0n) is 11.1. The molecule has 0 aromatic heterocycles. The number of alkyl halides is 7. The first-order valence-electron chi connectivity index (χ1n) is 5.74. The number of carbonyl (C=O) groups excluding carboxylic acids is 1. The van der Waals surface area contributed by atoms with E-state index >= 15 is 0 Å². The number of carbonyl (C=O) groups is 1. The monoisotopic (exact) mass is 342 g/mol. The lowest BCUT2D eigenvalue weighted by Gasteiger charge is -2.27. The van der Waals surface area contributed by atoms with Gasteiger partial charge in [-0.15, -0.1) is 0 Å². The topological polar surface area (TPSA) is 44.8 Å². The van der Waals surface area contributed by atoms with Crippen LogP contribution in [0.2, 0.25) is 0 Å². The molecule has 0 aromatic carbocycles. The third-order valence-corrected chi connectivity index (χ3v) is 2.14. The van der Waals surface area contributed by atoms with E-state index in [1.807, 2.05) is 0 Å². The van der Waals surface area contributed by atoms with Gasteiger partial charge in [0.15, 0.2) is 0 Å². The molecule has 0 heterocycles. The van der Waals surface area contributed by atoms with Gasteiger partial charge in [0.1, 0.15) is 19.6 Å². The van der Waals surface area contributed by atoms with Crippen LogP contribution in [0.25, 0.3) is 0 Å². The van der Waals surface area contributed by atoms with E-state index in [1.165, 1.54) is 0 Å². The lowest BCUT2D eigenvalue weighted by Crippen LogP contribution is -2.52. The van der Waals surface area contributed by atoms with Crippen molar-refractivity contribution < 1.29 is 49.7 Å². The fraction of sp³-hybridized carbons (Fsp3) is 0.727. The maximum Gasteiger partial charge on any atom is 0.459 e. The maximum absolute atomic E-state index is 12.8. The summed E-state index contributed by atoms with van der Waals surface area (Å²) in [5.74, 6) is -13.8. The minimum Gasteiger partial charge on any atom is -0.499 e. The van der Waals surface area contributed by atoms with Gasteiger partial charge in [0.25, 0.3) is 0 Å². The number of hydrogen-bond donors (Lipinski definition) is 0. The van der Waals surface area contributed by atoms with Crippen molar-refractivity contribution >= 4 is 5.97 Å². The summed E-state index contributed by atoms with van der Waals surface area (Å²) in [5, 5.41) is 0. The fourth-order valence-electron chi connectivity index (χ4n) is 1.06. The van der Waals surface area contributed by atoms with Crippen molar-refractivity contribution in [2.45, 2.75) is 24.4 Å². The Morgan fingerprint density at radius 2 is 1.50 bits per heavy atom. The second kappa shape index (κ2) is 8.20. The molecule has 0 radical (unpaired) electrons. The van der Waals surface area contributed by atoms with Gasteiger partial charge in [-0.25, -0.2) is 0 Å². The van der Waals surface area contributed by atoms with Gasteiger partial charge in [-0.3, -0.25) is 4.79 Å². The summed E-state index contributed by atoms with van der Waals surface area (Å²) in [4.78, 5) is 10.9. The number of halogens is 7. The van der Waals surface area contributed by atoms with Gasteiger partial charge in [-0.2, -0.15) is 30.7 Å². The minimum atomic E-state index is -6.48. The van der Waals surface area contributed by atoms with Crippen LogP contribution in [-0.2, 0) is 19.0 Å². The molecule has 0 aliphatic rings. The van der Waals surface area contributed by atoms with Gasteiger partial charge < -0.3 is 14.2 Å². The van der Waals surface area contributed by atoms with Crippen LogP contribution in [0.5, 0.6) is 0 Å². The molecule has 0 saturated carbocycles. The van der Waals surface area contributed by atoms with E-state index < -0.39 is 37.0 Å². The van der Waals surface area contributed by atoms with Gasteiger partial charge in [-0.05, 0) is 0 Å². The largest absolute Gasteiger partial charge is 0.499 e. The van der Waals surface area contributed by atoms with Crippen LogP contribution < -0.4 is 0 Å². The molecule has 0 amide bonds. The van der Waals surface area contributed by atoms with Gasteiger partial charge >= 0.3 is 24.0 Å². The van der Waals surface area contributed by atoms with Crippen molar-refractivity contribution in [2.24, 2.45) is 0 Å². The molecule has 130 valence electrons. The molecule has 0 N–H and O–H groups in total. The molecular formula is C11H13F7O4. The average Bonchev–Trinajstić information content (AvgIpc) is 2.35. The predicted octanol–water partition coefficient (Wildman–Crippen LogP) is 2.93. The lowest BCUT2D eigenvalue weighted by molar-refractivity contribution is -0.354. The quantitative estimate of drug-likeness (QED) is 0.265. The predicted molar refractivity (Wildman–Crippen MR) is 58.5 cm³/mol. The Hall–Kier alpha value is -1.52. The van der Waals surface area contributed by atoms with Crippen molar-refractivity contribution in [1.29, 1.82) is 0 Å². The normalized spacial score (nSPS) is 12.9. The van der Waals surface area contributed by atoms with Gasteiger partial charge in [-0.1, -0.05) is 6.58 Å². The highest BCUT2D eigenvalue weighted by molar-refractivity contribution is 5.70. The highest BCUT2D eigenvalue weighted by Gasteiger charge is 2.73. The Labute approximate surface area is 120 Å². The number of ether oxygens (including phenoxy) is 3. The first kappa shape index (κ1) is 20.5. The molecule has 0 saturated heterocycles. The van der Waals surface area contributed by atoms with Gasteiger partial charge in [0.2, 0.25) is 0 Å². The van der Waals surface area contributed by atoms with E-state index in [0.717, 1.165) is 6.26 Å². The molecule has 0 bridgehead atoms. The molecule has 0 aliphatic heterocycles. The zero-order chi connectivity index (χ0) is 17.4. The van der Waals surface area contributed by atoms with Crippen molar-refractivity contribution in [3.63, 3.8) is 0 Å². The lowest BCUT2D eigenvalue weighted by atomic mass is 10.1. The van der Waals surface area contributed by atoms with Crippen LogP contribution in [0.3, 0.4) is 0 Å². The molecule has 0 unspecified atom stereocenters. The van der Waals surface area contributed by atoms with Crippen molar-refractivity contribution in [1.82, 2.24) is 0 Å². The summed E-state index contributed by atoms with van der Waals surface area (Å²) in [6.45, 7) is 2.54. The van der Waals surface area contributed by atoms with E-state index in [-0.39, 0.29) is 19.8 Å². The summed E-state index contributed by atoms with van der Waals surface area (Å²) in [7, 11) is 0. The van der Waals surface area contributed by atoms with Crippen LogP contribution in [-0.4, -0.2) is 50.4 Å². The Bertz CT molecular complexity index is 368. The summed E-state index contributed by atoms with van der Waals surface area (Å²) in [6.07, 6.45) is -7.75. The molecule has 0 fully saturated rings. The SMILES string of the molecule is C=COCCOCCOC(=O)CC(F)(F)C(F)(F)C(F)(F)F. The average molecular weight is 342 g/mol. The van der Waals surface area contributed by atoms with Crippen LogP contribution in [0.15, 0.2) is 12.8 Å². The van der Waals surface area contributed by atoms with Gasteiger partial charge in [0.05, 0.1) is 19.5 Å². The number of esters is 1. The smallest absolute Gasteiger partial charge is 0.459 e. The summed E-state index contributed by atoms with van der Waals surface area (Å²) in [5.41, 5.74) is 0. The molecule has 0 aromatic rings. The number of hydrogen-bond acceptors (Lipinski definition) is 4. The van der Waals surface area contributed by atoms with Crippen LogP contribution in [0.1, 0.15) is 6.42 Å². The molecule has 0 atom stereocenters. The molecule has 0 rings (SSSR count). The third-order valence-electron chi connectivity index (χ3n) is 2.14. The van der Waals surface area contributed by atoms with Crippen LogP contribution in [0.4, 0.5) is 30.7 Å². The molecule has 4 nitrogen and oxygen atoms in total. The fourth-order valence-corrected chi connectivity index (χ4v) is 1.06. The zero-order valence-corrected chi connectivity index (χ0v) is 11.1. The summed E-state index contributed by atoms with van der Waals surface area (Å²) in [6, 6.07) is 0. The van der Waals surface area contributed by atoms with Crippen molar-refractivity contribution in [3.05, 3.63) is 12.8 Å². The summed E-state index contributed by atoms with van der Waals surface area (Å²) >= 11 is 0. The molecule has 11 heteroatoms.